The number of aromatic nitrogens is 1. The number of hydrogen-bond acceptors (Lipinski definition) is 5. The van der Waals surface area contributed by atoms with Crippen LogP contribution in [0.3, 0.4) is 0 Å². The first-order valence-electron chi connectivity index (χ1n) is 8.89. The maximum absolute atomic E-state index is 12.4. The van der Waals surface area contributed by atoms with E-state index in [9.17, 15) is 9.59 Å². The Labute approximate surface area is 157 Å². The van der Waals surface area contributed by atoms with Crippen LogP contribution in [0.15, 0.2) is 41.9 Å². The Morgan fingerprint density at radius 3 is 2.58 bits per heavy atom. The Balaban J connectivity index is 1.43. The van der Waals surface area contributed by atoms with E-state index in [1.807, 2.05) is 47.5 Å². The van der Waals surface area contributed by atoms with Gasteiger partial charge >= 0.3 is 0 Å². The van der Waals surface area contributed by atoms with Crippen molar-refractivity contribution in [1.29, 1.82) is 0 Å². The van der Waals surface area contributed by atoms with Crippen LogP contribution in [0.2, 0.25) is 0 Å². The van der Waals surface area contributed by atoms with Gasteiger partial charge in [0.15, 0.2) is 5.13 Å². The largest absolute Gasteiger partial charge is 0.340 e. The molecule has 0 bridgehead atoms. The minimum atomic E-state index is -0.236. The predicted molar refractivity (Wildman–Crippen MR) is 103 cm³/mol. The number of carbonyl (C=O) groups is 2. The number of nitrogens with zero attached hydrogens (tertiary/aromatic N) is 3. The molecular weight excluding hydrogens is 348 g/mol. The normalized spacial score (nSPS) is 16.3. The molecule has 1 N–H and O–H groups in total. The van der Waals surface area contributed by atoms with Crippen LogP contribution in [-0.4, -0.2) is 58.8 Å². The van der Waals surface area contributed by atoms with Crippen molar-refractivity contribution in [3.05, 3.63) is 47.5 Å². The molecule has 1 fully saturated rings. The second-order valence-electron chi connectivity index (χ2n) is 6.40. The SMILES string of the molecule is C[C@@H](C(=O)Nc1nccs1)N1CCN(C(=O)CCc2ccccc2)CC1. The molecular formula is C19H24N4O2S. The van der Waals surface area contributed by atoms with E-state index in [0.29, 0.717) is 37.7 Å². The maximum Gasteiger partial charge on any atom is 0.243 e. The number of benzene rings is 1. The second-order valence-corrected chi connectivity index (χ2v) is 7.30. The van der Waals surface area contributed by atoms with Gasteiger partial charge in [0.05, 0.1) is 6.04 Å². The number of hydrogen-bond donors (Lipinski definition) is 1. The summed E-state index contributed by atoms with van der Waals surface area (Å²) in [6.45, 7) is 4.66. The first-order valence-corrected chi connectivity index (χ1v) is 9.77. The van der Waals surface area contributed by atoms with E-state index < -0.39 is 0 Å². The monoisotopic (exact) mass is 372 g/mol. The summed E-state index contributed by atoms with van der Waals surface area (Å²) in [6, 6.07) is 9.84. The molecule has 6 nitrogen and oxygen atoms in total. The number of nitrogens with one attached hydrogen (secondary N) is 1. The van der Waals surface area contributed by atoms with Gasteiger partial charge in [0.1, 0.15) is 0 Å². The van der Waals surface area contributed by atoms with Gasteiger partial charge in [-0.2, -0.15) is 0 Å². The Kier molecular flexibility index (Phi) is 6.35. The Morgan fingerprint density at radius 2 is 1.92 bits per heavy atom. The van der Waals surface area contributed by atoms with Crippen LogP contribution in [0.4, 0.5) is 5.13 Å². The fourth-order valence-electron chi connectivity index (χ4n) is 3.07. The van der Waals surface area contributed by atoms with Crippen molar-refractivity contribution in [2.75, 3.05) is 31.5 Å². The molecule has 0 spiro atoms. The van der Waals surface area contributed by atoms with Crippen molar-refractivity contribution in [2.45, 2.75) is 25.8 Å². The molecule has 1 aromatic heterocycles. The third-order valence-corrected chi connectivity index (χ3v) is 5.42. The second kappa shape index (κ2) is 8.91. The molecule has 26 heavy (non-hydrogen) atoms. The highest BCUT2D eigenvalue weighted by atomic mass is 32.1. The van der Waals surface area contributed by atoms with Crippen LogP contribution in [0.5, 0.6) is 0 Å². The molecule has 2 amide bonds. The van der Waals surface area contributed by atoms with E-state index in [2.05, 4.69) is 15.2 Å². The smallest absolute Gasteiger partial charge is 0.243 e. The summed E-state index contributed by atoms with van der Waals surface area (Å²) in [7, 11) is 0. The molecule has 1 aromatic carbocycles. The number of thiazole rings is 1. The molecule has 1 saturated heterocycles. The zero-order valence-electron chi connectivity index (χ0n) is 14.9. The fourth-order valence-corrected chi connectivity index (χ4v) is 3.61. The third kappa shape index (κ3) is 4.89. The van der Waals surface area contributed by atoms with Crippen LogP contribution < -0.4 is 5.32 Å². The minimum Gasteiger partial charge on any atom is -0.340 e. The molecule has 0 saturated carbocycles. The van der Waals surface area contributed by atoms with Gasteiger partial charge in [0.25, 0.3) is 0 Å². The molecule has 0 aliphatic carbocycles. The fraction of sp³-hybridized carbons (Fsp3) is 0.421. The number of rotatable bonds is 6. The van der Waals surface area contributed by atoms with Crippen molar-refractivity contribution < 1.29 is 9.59 Å². The number of carbonyl (C=O) groups excluding carboxylic acids is 2. The molecule has 3 rings (SSSR count). The Hall–Kier alpha value is -2.25. The van der Waals surface area contributed by atoms with Crippen LogP contribution in [0.25, 0.3) is 0 Å². The third-order valence-electron chi connectivity index (χ3n) is 4.73. The van der Waals surface area contributed by atoms with Crippen molar-refractivity contribution in [3.63, 3.8) is 0 Å². The van der Waals surface area contributed by atoms with Crippen molar-refractivity contribution in [1.82, 2.24) is 14.8 Å². The van der Waals surface area contributed by atoms with Gasteiger partial charge in [-0.15, -0.1) is 11.3 Å². The molecule has 1 aliphatic heterocycles. The molecule has 138 valence electrons. The minimum absolute atomic E-state index is 0.0520. The average Bonchev–Trinajstić information content (AvgIpc) is 3.19. The van der Waals surface area contributed by atoms with Crippen LogP contribution >= 0.6 is 11.3 Å². The highest BCUT2D eigenvalue weighted by Crippen LogP contribution is 2.14. The lowest BCUT2D eigenvalue weighted by molar-refractivity contribution is -0.133. The molecule has 7 heteroatoms. The Bertz CT molecular complexity index is 712. The molecule has 1 atom stereocenters. The molecule has 2 heterocycles. The van der Waals surface area contributed by atoms with Crippen molar-refractivity contribution in [2.24, 2.45) is 0 Å². The standard InChI is InChI=1S/C19H24N4O2S/c1-15(18(25)21-19-20-9-14-26-19)22-10-12-23(13-11-22)17(24)8-7-16-5-3-2-4-6-16/h2-6,9,14-15H,7-8,10-13H2,1H3,(H,20,21,25)/t15-/m0/s1. The molecule has 0 unspecified atom stereocenters. The van der Waals surface area contributed by atoms with E-state index >= 15 is 0 Å². The quantitative estimate of drug-likeness (QED) is 0.845. The summed E-state index contributed by atoms with van der Waals surface area (Å²) in [5.41, 5.74) is 1.19. The van der Waals surface area contributed by atoms with E-state index in [0.717, 1.165) is 6.42 Å². The number of aryl methyl sites for hydroxylation is 1. The lowest BCUT2D eigenvalue weighted by atomic mass is 10.1. The molecule has 0 radical (unpaired) electrons. The van der Waals surface area contributed by atoms with Gasteiger partial charge in [-0.25, -0.2) is 4.98 Å². The summed E-state index contributed by atoms with van der Waals surface area (Å²) >= 11 is 1.41. The summed E-state index contributed by atoms with van der Waals surface area (Å²) in [6.07, 6.45) is 2.97. The van der Waals surface area contributed by atoms with Crippen LogP contribution in [0, 0.1) is 0 Å². The maximum atomic E-state index is 12.4. The highest BCUT2D eigenvalue weighted by Gasteiger charge is 2.27. The highest BCUT2D eigenvalue weighted by molar-refractivity contribution is 7.13. The first-order chi connectivity index (χ1) is 12.6. The van der Waals surface area contributed by atoms with Crippen LogP contribution in [0.1, 0.15) is 18.9 Å². The summed E-state index contributed by atoms with van der Waals surface area (Å²) in [5.74, 6) is 0.136. The van der Waals surface area contributed by atoms with Gasteiger partial charge in [-0.1, -0.05) is 30.3 Å². The summed E-state index contributed by atoms with van der Waals surface area (Å²) in [4.78, 5) is 32.8. The zero-order chi connectivity index (χ0) is 18.4. The van der Waals surface area contributed by atoms with Gasteiger partial charge in [0.2, 0.25) is 11.8 Å². The van der Waals surface area contributed by atoms with E-state index in [1.54, 1.807) is 6.20 Å². The number of amides is 2. The van der Waals surface area contributed by atoms with Crippen molar-refractivity contribution >= 4 is 28.3 Å². The lowest BCUT2D eigenvalue weighted by Gasteiger charge is -2.37. The number of anilines is 1. The Morgan fingerprint density at radius 1 is 1.19 bits per heavy atom. The van der Waals surface area contributed by atoms with Crippen molar-refractivity contribution in [3.8, 4) is 0 Å². The van der Waals surface area contributed by atoms with Gasteiger partial charge in [0, 0.05) is 44.2 Å². The van der Waals surface area contributed by atoms with Gasteiger partial charge in [-0.3, -0.25) is 14.5 Å². The number of piperazine rings is 1. The zero-order valence-corrected chi connectivity index (χ0v) is 15.7. The average molecular weight is 372 g/mol. The molecule has 1 aliphatic rings. The topological polar surface area (TPSA) is 65.5 Å². The predicted octanol–water partition coefficient (Wildman–Crippen LogP) is 2.25. The van der Waals surface area contributed by atoms with Crippen LogP contribution in [-0.2, 0) is 16.0 Å². The lowest BCUT2D eigenvalue weighted by Crippen LogP contribution is -2.54. The van der Waals surface area contributed by atoms with Gasteiger partial charge in [-0.05, 0) is 18.9 Å². The van der Waals surface area contributed by atoms with E-state index in [1.165, 1.54) is 16.9 Å². The van der Waals surface area contributed by atoms with E-state index in [4.69, 9.17) is 0 Å². The summed E-state index contributed by atoms with van der Waals surface area (Å²) in [5, 5.41) is 5.29. The van der Waals surface area contributed by atoms with Gasteiger partial charge < -0.3 is 10.2 Å². The molecule has 2 aromatic rings. The first kappa shape index (κ1) is 18.5. The summed E-state index contributed by atoms with van der Waals surface area (Å²) < 4.78 is 0. The van der Waals surface area contributed by atoms with E-state index in [-0.39, 0.29) is 17.9 Å².